The summed E-state index contributed by atoms with van der Waals surface area (Å²) < 4.78 is 5.24. The van der Waals surface area contributed by atoms with E-state index in [4.69, 9.17) is 4.74 Å². The van der Waals surface area contributed by atoms with Gasteiger partial charge in [0.2, 0.25) is 11.7 Å². The first-order valence-corrected chi connectivity index (χ1v) is 11.3. The molecule has 0 aliphatic rings. The molecule has 8 heteroatoms. The van der Waals surface area contributed by atoms with Gasteiger partial charge in [0.15, 0.2) is 11.6 Å². The second-order valence-corrected chi connectivity index (χ2v) is 9.08. The number of alkyl carbamates (subject to hydrolysis) is 1. The van der Waals surface area contributed by atoms with E-state index in [1.165, 1.54) is 0 Å². The molecule has 0 spiro atoms. The van der Waals surface area contributed by atoms with E-state index in [-0.39, 0.29) is 30.6 Å². The Kier molecular flexibility index (Phi) is 12.0. The molecular weight excluding hydrogens is 424 g/mol. The fourth-order valence-electron chi connectivity index (χ4n) is 3.32. The highest BCUT2D eigenvalue weighted by Crippen LogP contribution is 2.19. The summed E-state index contributed by atoms with van der Waals surface area (Å²) in [6.45, 7) is 8.55. The number of amides is 2. The first-order valence-electron chi connectivity index (χ1n) is 11.3. The molecule has 0 saturated carbocycles. The molecule has 2 amide bonds. The third-order valence-corrected chi connectivity index (χ3v) is 4.99. The van der Waals surface area contributed by atoms with Crippen LogP contribution in [0.1, 0.15) is 59.4 Å². The molecular formula is C25H36N2O6. The predicted octanol–water partition coefficient (Wildman–Crippen LogP) is 3.22. The molecule has 0 aromatic heterocycles. The van der Waals surface area contributed by atoms with Gasteiger partial charge in [0.1, 0.15) is 6.61 Å². The topological polar surface area (TPSA) is 119 Å². The highest BCUT2D eigenvalue weighted by atomic mass is 16.5. The van der Waals surface area contributed by atoms with Gasteiger partial charge in [-0.25, -0.2) is 4.79 Å². The Balaban J connectivity index is 2.79. The Labute approximate surface area is 195 Å². The van der Waals surface area contributed by atoms with Gasteiger partial charge in [-0.3, -0.25) is 19.2 Å². The highest BCUT2D eigenvalue weighted by Gasteiger charge is 2.29. The van der Waals surface area contributed by atoms with Gasteiger partial charge >= 0.3 is 6.09 Å². The van der Waals surface area contributed by atoms with Crippen molar-refractivity contribution in [3.63, 3.8) is 0 Å². The van der Waals surface area contributed by atoms with Gasteiger partial charge in [-0.2, -0.15) is 0 Å². The van der Waals surface area contributed by atoms with Crippen LogP contribution in [0.3, 0.4) is 0 Å². The van der Waals surface area contributed by atoms with Crippen LogP contribution >= 0.6 is 0 Å². The summed E-state index contributed by atoms with van der Waals surface area (Å²) in [6, 6.07) is 8.40. The van der Waals surface area contributed by atoms with Crippen LogP contribution in [0, 0.1) is 17.8 Å². The zero-order valence-electron chi connectivity index (χ0n) is 20.2. The largest absolute Gasteiger partial charge is 0.445 e. The molecule has 2 N–H and O–H groups in total. The van der Waals surface area contributed by atoms with Crippen LogP contribution in [0.2, 0.25) is 0 Å². The number of Topliss-reactive ketones (excluding diaryl/α,β-unsaturated/α-hetero) is 3. The third-order valence-electron chi connectivity index (χ3n) is 4.99. The van der Waals surface area contributed by atoms with E-state index in [0.29, 0.717) is 12.8 Å². The minimum atomic E-state index is -0.797. The van der Waals surface area contributed by atoms with E-state index in [0.717, 1.165) is 12.5 Å². The fourth-order valence-corrected chi connectivity index (χ4v) is 3.32. The minimum Gasteiger partial charge on any atom is -0.445 e. The van der Waals surface area contributed by atoms with Crippen LogP contribution in [0.5, 0.6) is 0 Å². The molecule has 0 unspecified atom stereocenters. The molecule has 8 nitrogen and oxygen atoms in total. The molecule has 0 radical (unpaired) electrons. The van der Waals surface area contributed by atoms with Crippen LogP contribution in [-0.2, 0) is 30.5 Å². The molecule has 1 aromatic rings. The zero-order chi connectivity index (χ0) is 25.0. The first kappa shape index (κ1) is 28.0. The molecule has 1 rings (SSSR count). The van der Waals surface area contributed by atoms with E-state index >= 15 is 0 Å². The maximum Gasteiger partial charge on any atom is 0.408 e. The van der Waals surface area contributed by atoms with Crippen LogP contribution in [0.15, 0.2) is 30.3 Å². The number of rotatable bonds is 14. The molecule has 0 fully saturated rings. The summed E-state index contributed by atoms with van der Waals surface area (Å²) in [4.78, 5) is 60.7. The molecule has 0 bridgehead atoms. The molecule has 0 aliphatic heterocycles. The number of ketones is 3. The Hall–Kier alpha value is -3.03. The van der Waals surface area contributed by atoms with Gasteiger partial charge in [0, 0.05) is 19.3 Å². The van der Waals surface area contributed by atoms with Gasteiger partial charge in [0.25, 0.3) is 0 Å². The quantitative estimate of drug-likeness (QED) is 0.412. The number of carbonyl (C=O) groups is 5. The zero-order valence-corrected chi connectivity index (χ0v) is 20.2. The highest BCUT2D eigenvalue weighted by molar-refractivity contribution is 6.37. The maximum atomic E-state index is 13.1. The van der Waals surface area contributed by atoms with E-state index < -0.39 is 42.1 Å². The van der Waals surface area contributed by atoms with Crippen LogP contribution < -0.4 is 10.6 Å². The van der Waals surface area contributed by atoms with Gasteiger partial charge in [-0.1, -0.05) is 58.0 Å². The minimum absolute atomic E-state index is 0.0812. The predicted molar refractivity (Wildman–Crippen MR) is 124 cm³/mol. The summed E-state index contributed by atoms with van der Waals surface area (Å²) >= 11 is 0. The van der Waals surface area contributed by atoms with Crippen molar-refractivity contribution >= 4 is 29.4 Å². The average Bonchev–Trinajstić information content (AvgIpc) is 2.74. The van der Waals surface area contributed by atoms with E-state index in [1.54, 1.807) is 0 Å². The lowest BCUT2D eigenvalue weighted by Gasteiger charge is -2.23. The van der Waals surface area contributed by atoms with E-state index in [2.05, 4.69) is 10.6 Å². The number of hydrogen-bond acceptors (Lipinski definition) is 6. The Morgan fingerprint density at radius 3 is 2.06 bits per heavy atom. The van der Waals surface area contributed by atoms with Crippen LogP contribution in [0.4, 0.5) is 4.79 Å². The number of hydrogen-bond donors (Lipinski definition) is 2. The van der Waals surface area contributed by atoms with Crippen molar-refractivity contribution in [3.05, 3.63) is 35.9 Å². The van der Waals surface area contributed by atoms with Crippen molar-refractivity contribution in [1.29, 1.82) is 0 Å². The Bertz CT molecular complexity index is 819. The first-order chi connectivity index (χ1) is 15.5. The number of ether oxygens (including phenoxy) is 1. The molecule has 0 saturated heterocycles. The van der Waals surface area contributed by atoms with Gasteiger partial charge in [-0.05, 0) is 30.2 Å². The SMILES string of the molecule is CC(=O)C(=O)CNC(=O)[C@@H](CC(=O)[C@H](CC(C)C)NC(=O)OCc1ccccc1)CC(C)C. The molecule has 33 heavy (non-hydrogen) atoms. The standard InChI is InChI=1S/C25H36N2O6/c1-16(2)11-20(24(31)26-14-23(30)18(5)28)13-22(29)21(12-17(3)4)27-25(32)33-15-19-9-7-6-8-10-19/h6-10,16-17,20-21H,11-15H2,1-5H3,(H,26,31)(H,27,32)/t20-,21+/m1/s1. The van der Waals surface area contributed by atoms with Gasteiger partial charge in [-0.15, -0.1) is 0 Å². The molecule has 182 valence electrons. The third kappa shape index (κ3) is 11.4. The van der Waals surface area contributed by atoms with Crippen molar-refractivity contribution < 1.29 is 28.7 Å². The maximum absolute atomic E-state index is 13.1. The summed E-state index contributed by atoms with van der Waals surface area (Å²) in [7, 11) is 0. The summed E-state index contributed by atoms with van der Waals surface area (Å²) in [6.07, 6.45) is 0.0422. The monoisotopic (exact) mass is 460 g/mol. The normalized spacial score (nSPS) is 12.7. The van der Waals surface area contributed by atoms with Crippen molar-refractivity contribution in [2.24, 2.45) is 17.8 Å². The smallest absolute Gasteiger partial charge is 0.408 e. The van der Waals surface area contributed by atoms with Gasteiger partial charge < -0.3 is 15.4 Å². The number of benzene rings is 1. The molecule has 2 atom stereocenters. The molecule has 1 aromatic carbocycles. The Morgan fingerprint density at radius 1 is 0.909 bits per heavy atom. The Morgan fingerprint density at radius 2 is 1.52 bits per heavy atom. The average molecular weight is 461 g/mol. The lowest BCUT2D eigenvalue weighted by atomic mass is 9.88. The van der Waals surface area contributed by atoms with E-state index in [9.17, 15) is 24.0 Å². The molecule has 0 aliphatic carbocycles. The van der Waals surface area contributed by atoms with Crippen molar-refractivity contribution in [1.82, 2.24) is 10.6 Å². The molecule has 0 heterocycles. The van der Waals surface area contributed by atoms with Crippen LogP contribution in [0.25, 0.3) is 0 Å². The van der Waals surface area contributed by atoms with Crippen molar-refractivity contribution in [2.45, 2.75) is 66.5 Å². The number of nitrogens with one attached hydrogen (secondary N) is 2. The summed E-state index contributed by atoms with van der Waals surface area (Å²) in [5, 5.41) is 5.10. The van der Waals surface area contributed by atoms with Crippen molar-refractivity contribution in [2.75, 3.05) is 6.54 Å². The van der Waals surface area contributed by atoms with Crippen LogP contribution in [-0.4, -0.2) is 41.9 Å². The second kappa shape index (κ2) is 14.2. The summed E-state index contributed by atoms with van der Waals surface area (Å²) in [5.74, 6) is -2.49. The second-order valence-electron chi connectivity index (χ2n) is 9.08. The number of carbonyl (C=O) groups excluding carboxylic acids is 5. The fraction of sp³-hybridized carbons (Fsp3) is 0.560. The van der Waals surface area contributed by atoms with E-state index in [1.807, 2.05) is 58.0 Å². The summed E-state index contributed by atoms with van der Waals surface area (Å²) in [5.41, 5.74) is 0.827. The lowest BCUT2D eigenvalue weighted by molar-refractivity contribution is -0.136. The van der Waals surface area contributed by atoms with Gasteiger partial charge in [0.05, 0.1) is 12.6 Å². The lowest BCUT2D eigenvalue weighted by Crippen LogP contribution is -2.44. The van der Waals surface area contributed by atoms with Crippen molar-refractivity contribution in [3.8, 4) is 0 Å².